The number of anilines is 2. The van der Waals surface area contributed by atoms with Gasteiger partial charge in [-0.05, 0) is 63.6 Å². The van der Waals surface area contributed by atoms with Crippen LogP contribution < -0.4 is 15.4 Å². The Morgan fingerprint density at radius 1 is 1.12 bits per heavy atom. The van der Waals surface area contributed by atoms with Crippen molar-refractivity contribution in [2.24, 2.45) is 0 Å². The number of fused-ring (bicyclic) bond motifs is 1. The number of aromatic nitrogens is 4. The van der Waals surface area contributed by atoms with Crippen LogP contribution in [0.4, 0.5) is 16.4 Å². The number of nitrogens with one attached hydrogen (secondary N) is 3. The summed E-state index contributed by atoms with van der Waals surface area (Å²) in [5, 5.41) is 23.1. The molecule has 1 aromatic carbocycles. The first-order valence-electron chi connectivity index (χ1n) is 12.7. The molecule has 40 heavy (non-hydrogen) atoms. The van der Waals surface area contributed by atoms with Crippen LogP contribution in [0.3, 0.4) is 0 Å². The largest absolute Gasteiger partial charge is 0.456 e. The first-order chi connectivity index (χ1) is 19.2. The number of rotatable bonds is 6. The van der Waals surface area contributed by atoms with Gasteiger partial charge in [0.05, 0.1) is 11.6 Å². The van der Waals surface area contributed by atoms with E-state index in [4.69, 9.17) is 14.7 Å². The maximum Gasteiger partial charge on any atom is 0.410 e. The van der Waals surface area contributed by atoms with Gasteiger partial charge in [0.2, 0.25) is 0 Å². The summed E-state index contributed by atoms with van der Waals surface area (Å²) in [4.78, 5) is 35.2. The Morgan fingerprint density at radius 3 is 2.65 bits per heavy atom. The van der Waals surface area contributed by atoms with Crippen molar-refractivity contribution in [2.45, 2.75) is 38.8 Å². The number of carbonyl (C=O) groups excluding carboxylic acids is 2. The maximum absolute atomic E-state index is 12.6. The van der Waals surface area contributed by atoms with Crippen LogP contribution in [0.5, 0.6) is 11.5 Å². The van der Waals surface area contributed by atoms with Gasteiger partial charge in [-0.1, -0.05) is 0 Å². The van der Waals surface area contributed by atoms with E-state index in [9.17, 15) is 9.59 Å². The summed E-state index contributed by atoms with van der Waals surface area (Å²) >= 11 is 0. The van der Waals surface area contributed by atoms with Crippen molar-refractivity contribution in [3.63, 3.8) is 0 Å². The third kappa shape index (κ3) is 6.10. The second-order valence-electron chi connectivity index (χ2n) is 10.3. The van der Waals surface area contributed by atoms with E-state index in [0.29, 0.717) is 58.4 Å². The van der Waals surface area contributed by atoms with Crippen LogP contribution in [0.1, 0.15) is 43.1 Å². The molecule has 204 valence electrons. The van der Waals surface area contributed by atoms with Crippen molar-refractivity contribution in [1.29, 1.82) is 5.26 Å². The average molecular weight is 541 g/mol. The number of pyridine rings is 2. The highest BCUT2D eigenvalue weighted by molar-refractivity contribution is 6.03. The van der Waals surface area contributed by atoms with E-state index in [1.165, 1.54) is 12.3 Å². The number of aromatic amines is 1. The molecule has 1 fully saturated rings. The standard InChI is InChI=1S/C28H28N8O4/c1-28(2,3)40-27(38)36-13-10-19(16-36)32-25-23-21(9-12-31-24(23)34-35-25)39-20-6-4-18(5-7-20)26(37)33-22-14-17(15-29)8-11-30-22/h4-9,11-12,14,19H,10,13,16H2,1-3H3,(H,30,33,37)(H2,31,32,34,35). The lowest BCUT2D eigenvalue weighted by Crippen LogP contribution is -2.36. The number of H-pyrrole nitrogens is 1. The summed E-state index contributed by atoms with van der Waals surface area (Å²) in [7, 11) is 0. The van der Waals surface area contributed by atoms with Crippen molar-refractivity contribution in [3.05, 3.63) is 66.0 Å². The summed E-state index contributed by atoms with van der Waals surface area (Å²) in [6.07, 6.45) is 3.48. The maximum atomic E-state index is 12.6. The minimum absolute atomic E-state index is 0.0202. The summed E-state index contributed by atoms with van der Waals surface area (Å²) in [6, 6.07) is 13.4. The van der Waals surface area contributed by atoms with Gasteiger partial charge in [-0.25, -0.2) is 14.8 Å². The lowest BCUT2D eigenvalue weighted by molar-refractivity contribution is 0.0293. The second kappa shape index (κ2) is 10.9. The monoisotopic (exact) mass is 540 g/mol. The molecule has 0 bridgehead atoms. The zero-order valence-electron chi connectivity index (χ0n) is 22.3. The Kier molecular flexibility index (Phi) is 7.20. The van der Waals surface area contributed by atoms with E-state index in [-0.39, 0.29) is 18.0 Å². The van der Waals surface area contributed by atoms with Crippen molar-refractivity contribution < 1.29 is 19.1 Å². The lowest BCUT2D eigenvalue weighted by Gasteiger charge is -2.24. The first kappa shape index (κ1) is 26.4. The van der Waals surface area contributed by atoms with E-state index in [0.717, 1.165) is 6.42 Å². The molecule has 1 aliphatic rings. The Morgan fingerprint density at radius 2 is 1.90 bits per heavy atom. The Hall–Kier alpha value is -5.18. The molecule has 4 aromatic rings. The van der Waals surface area contributed by atoms with E-state index in [1.807, 2.05) is 26.8 Å². The molecule has 3 aromatic heterocycles. The van der Waals surface area contributed by atoms with Gasteiger partial charge in [-0.2, -0.15) is 10.4 Å². The van der Waals surface area contributed by atoms with Crippen LogP contribution in [0, 0.1) is 11.3 Å². The van der Waals surface area contributed by atoms with Gasteiger partial charge in [0.1, 0.15) is 28.3 Å². The fourth-order valence-corrected chi connectivity index (χ4v) is 4.23. The molecule has 1 unspecified atom stereocenters. The second-order valence-corrected chi connectivity index (χ2v) is 10.3. The normalized spacial score (nSPS) is 14.9. The van der Waals surface area contributed by atoms with Crippen molar-refractivity contribution >= 4 is 34.7 Å². The molecule has 4 heterocycles. The quantitative estimate of drug-likeness (QED) is 0.315. The van der Waals surface area contributed by atoms with Gasteiger partial charge in [0, 0.05) is 43.2 Å². The van der Waals surface area contributed by atoms with Gasteiger partial charge in [-0.15, -0.1) is 0 Å². The van der Waals surface area contributed by atoms with Crippen LogP contribution in [0.25, 0.3) is 11.0 Å². The predicted octanol–water partition coefficient (Wildman–Crippen LogP) is 4.69. The zero-order valence-corrected chi connectivity index (χ0v) is 22.3. The highest BCUT2D eigenvalue weighted by Gasteiger charge is 2.30. The van der Waals surface area contributed by atoms with Crippen LogP contribution in [0.15, 0.2) is 54.9 Å². The summed E-state index contributed by atoms with van der Waals surface area (Å²) < 4.78 is 11.6. The summed E-state index contributed by atoms with van der Waals surface area (Å²) in [5.41, 5.74) is 0.796. The fourth-order valence-electron chi connectivity index (χ4n) is 4.23. The molecule has 2 amide bonds. The van der Waals surface area contributed by atoms with E-state index in [2.05, 4.69) is 30.8 Å². The predicted molar refractivity (Wildman–Crippen MR) is 147 cm³/mol. The third-order valence-electron chi connectivity index (χ3n) is 6.08. The van der Waals surface area contributed by atoms with Crippen LogP contribution in [-0.4, -0.2) is 61.8 Å². The third-order valence-corrected chi connectivity index (χ3v) is 6.08. The fraction of sp³-hybridized carbons (Fsp3) is 0.286. The minimum atomic E-state index is -0.553. The number of nitriles is 1. The lowest BCUT2D eigenvalue weighted by atomic mass is 10.2. The summed E-state index contributed by atoms with van der Waals surface area (Å²) in [5.74, 6) is 1.53. The molecule has 3 N–H and O–H groups in total. The molecule has 0 saturated carbocycles. The topological polar surface area (TPSA) is 158 Å². The highest BCUT2D eigenvalue weighted by Crippen LogP contribution is 2.33. The molecule has 1 aliphatic heterocycles. The molecule has 0 spiro atoms. The highest BCUT2D eigenvalue weighted by atomic mass is 16.6. The number of hydrogen-bond acceptors (Lipinski definition) is 9. The van der Waals surface area contributed by atoms with Crippen molar-refractivity contribution in [3.8, 4) is 17.6 Å². The molecule has 5 rings (SSSR count). The smallest absolute Gasteiger partial charge is 0.410 e. The van der Waals surface area contributed by atoms with Gasteiger partial charge in [0.15, 0.2) is 11.5 Å². The van der Waals surface area contributed by atoms with Gasteiger partial charge < -0.3 is 25.0 Å². The molecular weight excluding hydrogens is 512 g/mol. The van der Waals surface area contributed by atoms with E-state index < -0.39 is 5.60 Å². The first-order valence-corrected chi connectivity index (χ1v) is 12.7. The molecule has 0 radical (unpaired) electrons. The van der Waals surface area contributed by atoms with Gasteiger partial charge in [-0.3, -0.25) is 9.89 Å². The molecule has 1 saturated heterocycles. The number of nitrogens with zero attached hydrogens (tertiary/aromatic N) is 5. The van der Waals surface area contributed by atoms with Crippen LogP contribution in [0.2, 0.25) is 0 Å². The molecule has 1 atom stereocenters. The van der Waals surface area contributed by atoms with Crippen LogP contribution >= 0.6 is 0 Å². The van der Waals surface area contributed by atoms with E-state index >= 15 is 0 Å². The molecule has 12 nitrogen and oxygen atoms in total. The number of carbonyl (C=O) groups is 2. The SMILES string of the molecule is CC(C)(C)OC(=O)N1CCC(Nc2n[nH]c3nccc(Oc4ccc(C(=O)Nc5cc(C#N)ccn5)cc4)c23)C1. The molecular formula is C28H28N8O4. The van der Waals surface area contributed by atoms with Gasteiger partial charge >= 0.3 is 6.09 Å². The van der Waals surface area contributed by atoms with Crippen molar-refractivity contribution in [1.82, 2.24) is 25.1 Å². The average Bonchev–Trinajstić information content (AvgIpc) is 3.56. The molecule has 0 aliphatic carbocycles. The van der Waals surface area contributed by atoms with Crippen molar-refractivity contribution in [2.75, 3.05) is 23.7 Å². The van der Waals surface area contributed by atoms with Gasteiger partial charge in [0.25, 0.3) is 5.91 Å². The van der Waals surface area contributed by atoms with E-state index in [1.54, 1.807) is 47.5 Å². The number of benzene rings is 1. The van der Waals surface area contributed by atoms with Crippen LogP contribution in [-0.2, 0) is 4.74 Å². The zero-order chi connectivity index (χ0) is 28.3. The summed E-state index contributed by atoms with van der Waals surface area (Å²) in [6.45, 7) is 6.60. The molecule has 12 heteroatoms. The Balaban J connectivity index is 1.26. The Bertz CT molecular complexity index is 1590. The number of ether oxygens (including phenoxy) is 2. The number of likely N-dealkylation sites (tertiary alicyclic amines) is 1. The minimum Gasteiger partial charge on any atom is -0.456 e. The Labute approximate surface area is 230 Å². The number of hydrogen-bond donors (Lipinski definition) is 3. The number of amides is 2.